The third kappa shape index (κ3) is 2.87. The summed E-state index contributed by atoms with van der Waals surface area (Å²) in [6, 6.07) is 3.34. The third-order valence-electron chi connectivity index (χ3n) is 2.18. The minimum atomic E-state index is -0.272. The van der Waals surface area contributed by atoms with E-state index in [1.807, 2.05) is 6.92 Å². The molecule has 2 aromatic heterocycles. The zero-order valence-electron chi connectivity index (χ0n) is 8.92. The second-order valence-electron chi connectivity index (χ2n) is 3.50. The van der Waals surface area contributed by atoms with Gasteiger partial charge in [-0.15, -0.1) is 0 Å². The number of hydrogen-bond donors (Lipinski definition) is 2. The molecule has 0 aromatic carbocycles. The number of anilines is 1. The van der Waals surface area contributed by atoms with Crippen molar-refractivity contribution in [3.8, 4) is 0 Å². The van der Waals surface area contributed by atoms with Crippen molar-refractivity contribution in [3.05, 3.63) is 45.3 Å². The smallest absolute Gasteiger partial charge is 0.273 e. The maximum Gasteiger partial charge on any atom is 0.273 e. The van der Waals surface area contributed by atoms with Gasteiger partial charge >= 0.3 is 0 Å². The number of carbonyl (C=O) groups excluding carboxylic acids is 1. The Morgan fingerprint density at radius 2 is 2.29 bits per heavy atom. The first-order chi connectivity index (χ1) is 8.06. The molecule has 2 rings (SSSR count). The van der Waals surface area contributed by atoms with E-state index >= 15 is 0 Å². The molecule has 6 heteroatoms. The molecular weight excluding hydrogens is 305 g/mol. The van der Waals surface area contributed by atoms with Crippen LogP contribution in [-0.2, 0) is 0 Å². The summed E-state index contributed by atoms with van der Waals surface area (Å²) < 4.78 is 0.901. The van der Waals surface area contributed by atoms with E-state index in [4.69, 9.17) is 11.6 Å². The quantitative estimate of drug-likeness (QED) is 0.892. The fourth-order valence-electron chi connectivity index (χ4n) is 1.29. The number of halogens is 2. The molecule has 88 valence electrons. The Bertz CT molecular complexity index is 568. The molecule has 0 aliphatic rings. The normalized spacial score (nSPS) is 10.3. The van der Waals surface area contributed by atoms with E-state index in [9.17, 15) is 4.79 Å². The maximum atomic E-state index is 11.8. The van der Waals surface area contributed by atoms with Crippen molar-refractivity contribution in [1.82, 2.24) is 9.97 Å². The lowest BCUT2D eigenvalue weighted by Gasteiger charge is -2.04. The number of H-pyrrole nitrogens is 1. The van der Waals surface area contributed by atoms with Crippen LogP contribution in [0, 0.1) is 6.92 Å². The average Bonchev–Trinajstić information content (AvgIpc) is 2.70. The summed E-state index contributed by atoms with van der Waals surface area (Å²) in [6.45, 7) is 1.92. The van der Waals surface area contributed by atoms with E-state index < -0.39 is 0 Å². The summed E-state index contributed by atoms with van der Waals surface area (Å²) >= 11 is 9.07. The van der Waals surface area contributed by atoms with Crippen LogP contribution >= 0.6 is 27.5 Å². The highest BCUT2D eigenvalue weighted by molar-refractivity contribution is 9.10. The zero-order chi connectivity index (χ0) is 12.4. The lowest BCUT2D eigenvalue weighted by atomic mass is 10.3. The molecule has 2 N–H and O–H groups in total. The Morgan fingerprint density at radius 3 is 2.88 bits per heavy atom. The van der Waals surface area contributed by atoms with E-state index in [1.165, 1.54) is 0 Å². The molecule has 2 heterocycles. The maximum absolute atomic E-state index is 11.8. The van der Waals surface area contributed by atoms with Crippen LogP contribution in [0.5, 0.6) is 0 Å². The molecule has 0 aliphatic heterocycles. The van der Waals surface area contributed by atoms with Gasteiger partial charge in [0.1, 0.15) is 11.5 Å². The Morgan fingerprint density at radius 1 is 1.53 bits per heavy atom. The number of nitrogens with one attached hydrogen (secondary N) is 2. The van der Waals surface area contributed by atoms with E-state index in [0.717, 1.165) is 10.0 Å². The lowest BCUT2D eigenvalue weighted by molar-refractivity contribution is 0.102. The van der Waals surface area contributed by atoms with Gasteiger partial charge in [-0.05, 0) is 40.5 Å². The van der Waals surface area contributed by atoms with Crippen LogP contribution in [0.15, 0.2) is 29.0 Å². The minimum Gasteiger partial charge on any atom is -0.356 e. The Hall–Kier alpha value is -1.33. The van der Waals surface area contributed by atoms with Crippen molar-refractivity contribution in [2.75, 3.05) is 5.32 Å². The van der Waals surface area contributed by atoms with Crippen molar-refractivity contribution in [3.63, 3.8) is 0 Å². The van der Waals surface area contributed by atoms with Gasteiger partial charge in [0.25, 0.3) is 5.91 Å². The minimum absolute atomic E-state index is 0.272. The predicted molar refractivity (Wildman–Crippen MR) is 70.4 cm³/mol. The van der Waals surface area contributed by atoms with Crippen molar-refractivity contribution in [2.24, 2.45) is 0 Å². The number of hydrogen-bond acceptors (Lipinski definition) is 2. The monoisotopic (exact) mass is 313 g/mol. The highest BCUT2D eigenvalue weighted by Gasteiger charge is 2.09. The predicted octanol–water partition coefficient (Wildman–Crippen LogP) is 3.39. The van der Waals surface area contributed by atoms with E-state index in [1.54, 1.807) is 24.5 Å². The van der Waals surface area contributed by atoms with Crippen molar-refractivity contribution >= 4 is 39.3 Å². The van der Waals surface area contributed by atoms with Gasteiger partial charge in [-0.25, -0.2) is 4.98 Å². The zero-order valence-corrected chi connectivity index (χ0v) is 11.3. The number of carbonyl (C=O) groups is 1. The standard InChI is InChI=1S/C11H9BrClN3O/c1-6-2-10(15-5-8(6)12)16-11(17)9-3-7(13)4-14-9/h2-5,14H,1H3,(H,15,16,17). The highest BCUT2D eigenvalue weighted by Crippen LogP contribution is 2.18. The SMILES string of the molecule is Cc1cc(NC(=O)c2cc(Cl)c[nH]2)ncc1Br. The molecular formula is C11H9BrClN3O. The van der Waals surface area contributed by atoms with Crippen LogP contribution < -0.4 is 5.32 Å². The van der Waals surface area contributed by atoms with Crippen molar-refractivity contribution < 1.29 is 4.79 Å². The third-order valence-corrected chi connectivity index (χ3v) is 3.23. The van der Waals surface area contributed by atoms with Crippen LogP contribution in [0.1, 0.15) is 16.1 Å². The van der Waals surface area contributed by atoms with Gasteiger partial charge in [-0.1, -0.05) is 11.6 Å². The van der Waals surface area contributed by atoms with Crippen LogP contribution in [0.2, 0.25) is 5.02 Å². The number of rotatable bonds is 2. The Labute approximate surface area is 112 Å². The second-order valence-corrected chi connectivity index (χ2v) is 4.80. The molecule has 0 saturated carbocycles. The highest BCUT2D eigenvalue weighted by atomic mass is 79.9. The van der Waals surface area contributed by atoms with Gasteiger partial charge in [0.2, 0.25) is 0 Å². The first kappa shape index (κ1) is 12.1. The first-order valence-corrected chi connectivity index (χ1v) is 6.01. The number of pyridine rings is 1. The molecule has 0 atom stereocenters. The Balaban J connectivity index is 2.15. The molecule has 2 aromatic rings. The topological polar surface area (TPSA) is 57.8 Å². The fourth-order valence-corrected chi connectivity index (χ4v) is 1.67. The summed E-state index contributed by atoms with van der Waals surface area (Å²) in [6.07, 6.45) is 3.20. The van der Waals surface area contributed by atoms with Gasteiger partial charge in [0.15, 0.2) is 0 Å². The summed E-state index contributed by atoms with van der Waals surface area (Å²) in [7, 11) is 0. The number of aromatic nitrogens is 2. The Kier molecular flexibility index (Phi) is 3.49. The van der Waals surface area contributed by atoms with Gasteiger partial charge in [0.05, 0.1) is 5.02 Å². The largest absolute Gasteiger partial charge is 0.356 e. The van der Waals surface area contributed by atoms with E-state index in [-0.39, 0.29) is 5.91 Å². The summed E-state index contributed by atoms with van der Waals surface area (Å²) in [4.78, 5) is 18.6. The fraction of sp³-hybridized carbons (Fsp3) is 0.0909. The molecule has 0 spiro atoms. The van der Waals surface area contributed by atoms with Gasteiger partial charge in [-0.3, -0.25) is 4.79 Å². The average molecular weight is 315 g/mol. The van der Waals surface area contributed by atoms with Gasteiger partial charge in [0, 0.05) is 16.9 Å². The molecule has 0 saturated heterocycles. The molecule has 0 unspecified atom stereocenters. The molecule has 0 radical (unpaired) electrons. The van der Waals surface area contributed by atoms with Gasteiger partial charge < -0.3 is 10.3 Å². The molecule has 0 bridgehead atoms. The molecule has 4 nitrogen and oxygen atoms in total. The van der Waals surface area contributed by atoms with Crippen LogP contribution in [-0.4, -0.2) is 15.9 Å². The molecule has 0 fully saturated rings. The van der Waals surface area contributed by atoms with Crippen molar-refractivity contribution in [2.45, 2.75) is 6.92 Å². The number of aryl methyl sites for hydroxylation is 1. The van der Waals surface area contributed by atoms with Gasteiger partial charge in [-0.2, -0.15) is 0 Å². The summed E-state index contributed by atoms with van der Waals surface area (Å²) in [5.41, 5.74) is 1.40. The first-order valence-electron chi connectivity index (χ1n) is 4.83. The lowest BCUT2D eigenvalue weighted by Crippen LogP contribution is -2.13. The number of nitrogens with zero attached hydrogens (tertiary/aromatic N) is 1. The second kappa shape index (κ2) is 4.89. The summed E-state index contributed by atoms with van der Waals surface area (Å²) in [5, 5.41) is 3.17. The number of aromatic amines is 1. The van der Waals surface area contributed by atoms with Crippen LogP contribution in [0.4, 0.5) is 5.82 Å². The van der Waals surface area contributed by atoms with Crippen molar-refractivity contribution in [1.29, 1.82) is 0 Å². The van der Waals surface area contributed by atoms with Crippen LogP contribution in [0.25, 0.3) is 0 Å². The number of amides is 1. The summed E-state index contributed by atoms with van der Waals surface area (Å²) in [5.74, 6) is 0.229. The molecule has 0 aliphatic carbocycles. The van der Waals surface area contributed by atoms with E-state index in [2.05, 4.69) is 31.2 Å². The van der Waals surface area contributed by atoms with Crippen LogP contribution in [0.3, 0.4) is 0 Å². The molecule has 1 amide bonds. The van der Waals surface area contributed by atoms with E-state index in [0.29, 0.717) is 16.5 Å². The molecule has 17 heavy (non-hydrogen) atoms.